The number of thiocarbonyl (C=S) groups is 1. The largest absolute Gasteiger partial charge is 0.369 e. The van der Waals surface area contributed by atoms with Crippen molar-refractivity contribution in [2.24, 2.45) is 5.92 Å². The number of halogens is 2. The number of allylic oxidation sites excluding steroid dienone is 1. The predicted molar refractivity (Wildman–Crippen MR) is 180 cm³/mol. The summed E-state index contributed by atoms with van der Waals surface area (Å²) in [6.07, 6.45) is 8.98. The molecule has 0 radical (unpaired) electrons. The van der Waals surface area contributed by atoms with E-state index < -0.39 is 0 Å². The number of carbonyl (C=O) groups excluding carboxylic acids is 1. The van der Waals surface area contributed by atoms with Crippen molar-refractivity contribution in [1.29, 1.82) is 0 Å². The SMILES string of the molecule is O=C(NCCC1=CCCCC1)c1ccc(N2CC3CC(C2)c2cccc(=O)n2C3)c(NC(=S)Nc2ccc(Cl)cc2Cl)c1. The first-order valence-corrected chi connectivity index (χ1v) is 16.1. The number of nitrogens with zero attached hydrogens (tertiary/aromatic N) is 2. The average Bonchev–Trinajstić information content (AvgIpc) is 2.99. The number of amides is 1. The van der Waals surface area contributed by atoms with Gasteiger partial charge in [-0.15, -0.1) is 0 Å². The Morgan fingerprint density at radius 3 is 2.65 bits per heavy atom. The van der Waals surface area contributed by atoms with Gasteiger partial charge in [0.2, 0.25) is 0 Å². The van der Waals surface area contributed by atoms with Gasteiger partial charge in [-0.2, -0.15) is 0 Å². The number of fused-ring (bicyclic) bond motifs is 4. The highest BCUT2D eigenvalue weighted by atomic mass is 35.5. The molecule has 2 bridgehead atoms. The molecule has 0 spiro atoms. The zero-order valence-corrected chi connectivity index (χ0v) is 26.2. The fraction of sp³-hybridized carbons (Fsp3) is 0.364. The summed E-state index contributed by atoms with van der Waals surface area (Å²) in [7, 11) is 0. The summed E-state index contributed by atoms with van der Waals surface area (Å²) in [5.41, 5.74) is 5.46. The van der Waals surface area contributed by atoms with E-state index in [1.807, 2.05) is 28.8 Å². The van der Waals surface area contributed by atoms with E-state index in [4.69, 9.17) is 35.4 Å². The highest BCUT2D eigenvalue weighted by Gasteiger charge is 2.35. The molecule has 2 atom stereocenters. The van der Waals surface area contributed by atoms with Gasteiger partial charge in [-0.3, -0.25) is 9.59 Å². The zero-order valence-electron chi connectivity index (χ0n) is 23.9. The van der Waals surface area contributed by atoms with Gasteiger partial charge in [0.15, 0.2) is 5.11 Å². The second-order valence-electron chi connectivity index (χ2n) is 11.7. The molecule has 1 fully saturated rings. The fourth-order valence-electron chi connectivity index (χ4n) is 6.58. The van der Waals surface area contributed by atoms with E-state index >= 15 is 0 Å². The van der Waals surface area contributed by atoms with Crippen LogP contribution in [0.25, 0.3) is 0 Å². The number of benzene rings is 2. The highest BCUT2D eigenvalue weighted by molar-refractivity contribution is 7.80. The third-order valence-electron chi connectivity index (χ3n) is 8.62. The molecule has 1 aliphatic carbocycles. The minimum atomic E-state index is -0.116. The lowest BCUT2D eigenvalue weighted by Gasteiger charge is -2.44. The van der Waals surface area contributed by atoms with E-state index in [2.05, 4.69) is 33.0 Å². The number of anilines is 3. The smallest absolute Gasteiger partial charge is 0.251 e. The lowest BCUT2D eigenvalue weighted by molar-refractivity contribution is 0.0954. The van der Waals surface area contributed by atoms with E-state index in [0.717, 1.165) is 55.8 Å². The normalized spacial score (nSPS) is 19.2. The van der Waals surface area contributed by atoms with Gasteiger partial charge in [-0.05, 0) is 99.1 Å². The van der Waals surface area contributed by atoms with Crippen molar-refractivity contribution < 1.29 is 4.79 Å². The van der Waals surface area contributed by atoms with Crippen LogP contribution in [0.4, 0.5) is 17.1 Å². The first-order valence-electron chi connectivity index (χ1n) is 14.9. The standard InChI is InChI=1S/C33H35Cl2N5O2S/c34-25-10-11-27(26(35)17-25)37-33(43)38-28-16-23(32(42)36-14-13-21-5-2-1-3-6-21)9-12-30(28)39-18-22-15-24(20-39)29-7-4-8-31(41)40(29)19-22/h4-5,7-12,16-17,22,24H,1-3,6,13-15,18-20H2,(H,36,42)(H2,37,38,43). The van der Waals surface area contributed by atoms with Crippen LogP contribution in [-0.2, 0) is 6.54 Å². The van der Waals surface area contributed by atoms with Crippen molar-refractivity contribution in [1.82, 2.24) is 9.88 Å². The molecule has 3 N–H and O–H groups in total. The Kier molecular flexibility index (Phi) is 9.07. The highest BCUT2D eigenvalue weighted by Crippen LogP contribution is 2.39. The maximum absolute atomic E-state index is 13.2. The Labute approximate surface area is 267 Å². The van der Waals surface area contributed by atoms with Crippen LogP contribution in [0.2, 0.25) is 10.0 Å². The molecule has 0 saturated carbocycles. The van der Waals surface area contributed by atoms with E-state index in [0.29, 0.717) is 45.4 Å². The first-order chi connectivity index (χ1) is 20.8. The van der Waals surface area contributed by atoms with Crippen LogP contribution in [0.3, 0.4) is 0 Å². The summed E-state index contributed by atoms with van der Waals surface area (Å²) in [5.74, 6) is 0.466. The fourth-order valence-corrected chi connectivity index (χ4v) is 7.26. The monoisotopic (exact) mass is 635 g/mol. The molecule has 6 rings (SSSR count). The Bertz CT molecular complexity index is 1640. The Morgan fingerprint density at radius 2 is 1.84 bits per heavy atom. The first kappa shape index (κ1) is 29.7. The molecule has 3 aliphatic rings. The van der Waals surface area contributed by atoms with E-state index in [-0.39, 0.29) is 17.4 Å². The number of pyridine rings is 1. The van der Waals surface area contributed by atoms with Gasteiger partial charge in [0.05, 0.1) is 22.1 Å². The second kappa shape index (κ2) is 13.1. The zero-order chi connectivity index (χ0) is 29.9. The predicted octanol–water partition coefficient (Wildman–Crippen LogP) is 7.21. The van der Waals surface area contributed by atoms with Crippen LogP contribution < -0.4 is 26.4 Å². The van der Waals surface area contributed by atoms with Gasteiger partial charge < -0.3 is 25.4 Å². The van der Waals surface area contributed by atoms with E-state index in [1.54, 1.807) is 24.3 Å². The Hall–Kier alpha value is -3.33. The third-order valence-corrected chi connectivity index (χ3v) is 9.38. The van der Waals surface area contributed by atoms with Crippen LogP contribution in [0.1, 0.15) is 60.5 Å². The molecule has 1 amide bonds. The number of carbonyl (C=O) groups is 1. The van der Waals surface area contributed by atoms with Crippen molar-refractivity contribution in [2.75, 3.05) is 35.2 Å². The lowest BCUT2D eigenvalue weighted by Crippen LogP contribution is -2.47. The average molecular weight is 637 g/mol. The van der Waals surface area contributed by atoms with Gasteiger partial charge in [-0.1, -0.05) is 40.9 Å². The van der Waals surface area contributed by atoms with Crippen molar-refractivity contribution in [2.45, 2.75) is 51.0 Å². The third kappa shape index (κ3) is 6.92. The molecule has 2 unspecified atom stereocenters. The molecular formula is C33H35Cl2N5O2S. The number of aromatic nitrogens is 1. The molecule has 1 aromatic heterocycles. The van der Waals surface area contributed by atoms with Gasteiger partial charge in [0.25, 0.3) is 11.5 Å². The number of nitrogens with one attached hydrogen (secondary N) is 3. The maximum Gasteiger partial charge on any atom is 0.251 e. The summed E-state index contributed by atoms with van der Waals surface area (Å²) in [6.45, 7) is 2.88. The maximum atomic E-state index is 13.2. The van der Waals surface area contributed by atoms with Crippen molar-refractivity contribution >= 4 is 63.5 Å². The van der Waals surface area contributed by atoms with Crippen LogP contribution >= 0.6 is 35.4 Å². The Balaban J connectivity index is 1.24. The molecule has 224 valence electrons. The van der Waals surface area contributed by atoms with E-state index in [1.165, 1.54) is 18.4 Å². The van der Waals surface area contributed by atoms with Crippen LogP contribution in [0.15, 0.2) is 71.0 Å². The van der Waals surface area contributed by atoms with Gasteiger partial charge >= 0.3 is 0 Å². The number of hydrogen-bond acceptors (Lipinski definition) is 4. The number of hydrogen-bond donors (Lipinski definition) is 3. The summed E-state index contributed by atoms with van der Waals surface area (Å²) in [4.78, 5) is 28.1. The molecule has 2 aromatic carbocycles. The molecule has 10 heteroatoms. The van der Waals surface area contributed by atoms with Gasteiger partial charge in [0, 0.05) is 54.4 Å². The molecule has 1 saturated heterocycles. The topological polar surface area (TPSA) is 78.4 Å². The van der Waals surface area contributed by atoms with E-state index in [9.17, 15) is 9.59 Å². The van der Waals surface area contributed by atoms with Gasteiger partial charge in [0.1, 0.15) is 0 Å². The minimum absolute atomic E-state index is 0.0652. The van der Waals surface area contributed by atoms with Crippen LogP contribution in [0.5, 0.6) is 0 Å². The van der Waals surface area contributed by atoms with Crippen molar-refractivity contribution in [3.8, 4) is 0 Å². The lowest BCUT2D eigenvalue weighted by atomic mass is 9.83. The Morgan fingerprint density at radius 1 is 0.977 bits per heavy atom. The molecule has 3 heterocycles. The summed E-state index contributed by atoms with van der Waals surface area (Å²) >= 11 is 18.1. The van der Waals surface area contributed by atoms with Gasteiger partial charge in [-0.25, -0.2) is 0 Å². The number of rotatable bonds is 7. The van der Waals surface area contributed by atoms with Crippen molar-refractivity contribution in [3.63, 3.8) is 0 Å². The quantitative estimate of drug-likeness (QED) is 0.188. The summed E-state index contributed by atoms with van der Waals surface area (Å²) in [5, 5.41) is 10.9. The van der Waals surface area contributed by atoms with Crippen LogP contribution in [0, 0.1) is 5.92 Å². The number of piperidine rings is 1. The van der Waals surface area contributed by atoms with Crippen molar-refractivity contribution in [3.05, 3.63) is 97.9 Å². The molecule has 7 nitrogen and oxygen atoms in total. The molecule has 2 aliphatic heterocycles. The molecule has 43 heavy (non-hydrogen) atoms. The minimum Gasteiger partial charge on any atom is -0.369 e. The van der Waals surface area contributed by atoms with Crippen LogP contribution in [-0.4, -0.2) is 35.2 Å². The second-order valence-corrected chi connectivity index (χ2v) is 12.9. The molecular weight excluding hydrogens is 601 g/mol. The summed E-state index contributed by atoms with van der Waals surface area (Å²) in [6, 6.07) is 16.5. The summed E-state index contributed by atoms with van der Waals surface area (Å²) < 4.78 is 1.93. The molecule has 3 aromatic rings.